The van der Waals surface area contributed by atoms with Crippen LogP contribution < -0.4 is 5.32 Å². The molecule has 3 nitrogen and oxygen atoms in total. The number of carbonyl (C=O) groups excluding carboxylic acids is 1. The average Bonchev–Trinajstić information content (AvgIpc) is 2.32. The molecule has 0 aliphatic rings. The molecule has 0 bridgehead atoms. The Labute approximate surface area is 113 Å². The van der Waals surface area contributed by atoms with Gasteiger partial charge in [-0.05, 0) is 31.2 Å². The number of halogens is 3. The molecule has 98 valence electrons. The second-order valence-corrected chi connectivity index (χ2v) is 4.23. The number of hydrogen-bond donors (Lipinski definition) is 1. The molecule has 1 aromatic carbocycles. The molecule has 0 saturated carbocycles. The van der Waals surface area contributed by atoms with Crippen LogP contribution in [0, 0.1) is 18.6 Å². The second kappa shape index (κ2) is 5.32. The predicted molar refractivity (Wildman–Crippen MR) is 68.3 cm³/mol. The normalized spacial score (nSPS) is 10.3. The van der Waals surface area contributed by atoms with E-state index in [4.69, 9.17) is 11.6 Å². The number of hydrogen-bond acceptors (Lipinski definition) is 2. The minimum absolute atomic E-state index is 0.0278. The van der Waals surface area contributed by atoms with E-state index in [0.717, 1.165) is 12.1 Å². The van der Waals surface area contributed by atoms with E-state index in [0.29, 0.717) is 11.8 Å². The molecule has 1 heterocycles. The highest BCUT2D eigenvalue weighted by atomic mass is 35.5. The third-order valence-electron chi connectivity index (χ3n) is 2.41. The van der Waals surface area contributed by atoms with E-state index >= 15 is 0 Å². The summed E-state index contributed by atoms with van der Waals surface area (Å²) < 4.78 is 26.1. The van der Waals surface area contributed by atoms with Gasteiger partial charge in [0.1, 0.15) is 16.8 Å². The molecule has 0 unspecified atom stereocenters. The fourth-order valence-electron chi connectivity index (χ4n) is 1.47. The van der Waals surface area contributed by atoms with E-state index in [2.05, 4.69) is 10.3 Å². The number of rotatable bonds is 2. The van der Waals surface area contributed by atoms with Crippen LogP contribution in [0.15, 0.2) is 30.3 Å². The molecular weight excluding hydrogens is 274 g/mol. The number of benzene rings is 1. The van der Waals surface area contributed by atoms with Crippen LogP contribution in [-0.2, 0) is 0 Å². The van der Waals surface area contributed by atoms with Crippen molar-refractivity contribution >= 4 is 23.2 Å². The summed E-state index contributed by atoms with van der Waals surface area (Å²) in [6.45, 7) is 1.73. The number of nitrogens with one attached hydrogen (secondary N) is 1. The van der Waals surface area contributed by atoms with Gasteiger partial charge >= 0.3 is 0 Å². The van der Waals surface area contributed by atoms with Gasteiger partial charge < -0.3 is 5.32 Å². The number of amides is 1. The van der Waals surface area contributed by atoms with Gasteiger partial charge in [0.05, 0.1) is 11.3 Å². The van der Waals surface area contributed by atoms with Gasteiger partial charge in [-0.3, -0.25) is 4.79 Å². The van der Waals surface area contributed by atoms with Crippen molar-refractivity contribution in [3.05, 3.63) is 58.4 Å². The lowest BCUT2D eigenvalue weighted by atomic mass is 10.2. The minimum Gasteiger partial charge on any atom is -0.319 e. The Bertz CT molecular complexity index is 647. The topological polar surface area (TPSA) is 42.0 Å². The molecule has 0 saturated heterocycles. The SMILES string of the molecule is Cc1ccc(C(=O)Nc2ccc(F)cc2F)c(Cl)n1. The van der Waals surface area contributed by atoms with E-state index in [-0.39, 0.29) is 16.4 Å². The van der Waals surface area contributed by atoms with Crippen LogP contribution in [0.1, 0.15) is 16.1 Å². The molecule has 0 radical (unpaired) electrons. The first-order valence-electron chi connectivity index (χ1n) is 5.37. The summed E-state index contributed by atoms with van der Waals surface area (Å²) in [5, 5.41) is 2.34. The molecule has 0 aliphatic carbocycles. The van der Waals surface area contributed by atoms with Crippen LogP contribution in [0.5, 0.6) is 0 Å². The Balaban J connectivity index is 2.25. The van der Waals surface area contributed by atoms with Gasteiger partial charge in [0.25, 0.3) is 5.91 Å². The van der Waals surface area contributed by atoms with Gasteiger partial charge in [0.2, 0.25) is 0 Å². The van der Waals surface area contributed by atoms with Gasteiger partial charge in [-0.15, -0.1) is 0 Å². The molecular formula is C13H9ClF2N2O. The molecule has 0 atom stereocenters. The molecule has 0 spiro atoms. The number of aryl methyl sites for hydroxylation is 1. The molecule has 1 N–H and O–H groups in total. The standard InChI is InChI=1S/C13H9ClF2N2O/c1-7-2-4-9(12(14)17-7)13(19)18-11-5-3-8(15)6-10(11)16/h2-6H,1H3,(H,18,19). The Hall–Kier alpha value is -2.01. The van der Waals surface area contributed by atoms with Crippen molar-refractivity contribution in [3.63, 3.8) is 0 Å². The fraction of sp³-hybridized carbons (Fsp3) is 0.0769. The highest BCUT2D eigenvalue weighted by molar-refractivity contribution is 6.33. The maximum absolute atomic E-state index is 13.4. The largest absolute Gasteiger partial charge is 0.319 e. The van der Waals surface area contributed by atoms with Crippen molar-refractivity contribution in [2.24, 2.45) is 0 Å². The zero-order valence-corrected chi connectivity index (χ0v) is 10.6. The predicted octanol–water partition coefficient (Wildman–Crippen LogP) is 3.57. The molecule has 1 amide bonds. The lowest BCUT2D eigenvalue weighted by Gasteiger charge is -2.07. The van der Waals surface area contributed by atoms with E-state index in [1.165, 1.54) is 6.07 Å². The summed E-state index contributed by atoms with van der Waals surface area (Å²) in [6, 6.07) is 5.97. The summed E-state index contributed by atoms with van der Waals surface area (Å²) in [4.78, 5) is 15.8. The summed E-state index contributed by atoms with van der Waals surface area (Å²) >= 11 is 5.83. The molecule has 2 aromatic rings. The van der Waals surface area contributed by atoms with Crippen LogP contribution in [0.25, 0.3) is 0 Å². The number of carbonyl (C=O) groups is 1. The van der Waals surface area contributed by atoms with Crippen molar-refractivity contribution in [1.82, 2.24) is 4.98 Å². The monoisotopic (exact) mass is 282 g/mol. The Kier molecular flexibility index (Phi) is 3.76. The first-order valence-corrected chi connectivity index (χ1v) is 5.74. The zero-order chi connectivity index (χ0) is 14.0. The Morgan fingerprint density at radius 2 is 2.00 bits per heavy atom. The molecule has 0 aliphatic heterocycles. The maximum Gasteiger partial charge on any atom is 0.258 e. The van der Waals surface area contributed by atoms with Gasteiger partial charge in [-0.25, -0.2) is 13.8 Å². The average molecular weight is 283 g/mol. The summed E-state index contributed by atoms with van der Waals surface area (Å²) in [5.74, 6) is -2.18. The van der Waals surface area contributed by atoms with Gasteiger partial charge in [-0.1, -0.05) is 11.6 Å². The lowest BCUT2D eigenvalue weighted by Crippen LogP contribution is -2.14. The zero-order valence-electron chi connectivity index (χ0n) is 9.88. The minimum atomic E-state index is -0.857. The lowest BCUT2D eigenvalue weighted by molar-refractivity contribution is 0.102. The van der Waals surface area contributed by atoms with E-state index in [9.17, 15) is 13.6 Å². The molecule has 19 heavy (non-hydrogen) atoms. The maximum atomic E-state index is 13.4. The van der Waals surface area contributed by atoms with Crippen molar-refractivity contribution < 1.29 is 13.6 Å². The highest BCUT2D eigenvalue weighted by Crippen LogP contribution is 2.19. The number of nitrogens with zero attached hydrogens (tertiary/aromatic N) is 1. The molecule has 0 fully saturated rings. The van der Waals surface area contributed by atoms with Crippen LogP contribution >= 0.6 is 11.6 Å². The number of aromatic nitrogens is 1. The molecule has 1 aromatic heterocycles. The Morgan fingerprint density at radius 1 is 1.26 bits per heavy atom. The summed E-state index contributed by atoms with van der Waals surface area (Å²) in [5.41, 5.74) is 0.661. The van der Waals surface area contributed by atoms with Crippen LogP contribution in [0.4, 0.5) is 14.5 Å². The van der Waals surface area contributed by atoms with Crippen LogP contribution in [0.2, 0.25) is 5.15 Å². The summed E-state index contributed by atoms with van der Waals surface area (Å²) in [7, 11) is 0. The Morgan fingerprint density at radius 3 is 2.63 bits per heavy atom. The van der Waals surface area contributed by atoms with Gasteiger partial charge in [-0.2, -0.15) is 0 Å². The van der Waals surface area contributed by atoms with Crippen LogP contribution in [0.3, 0.4) is 0 Å². The van der Waals surface area contributed by atoms with Crippen LogP contribution in [-0.4, -0.2) is 10.9 Å². The van der Waals surface area contributed by atoms with Crippen molar-refractivity contribution in [2.45, 2.75) is 6.92 Å². The first-order chi connectivity index (χ1) is 8.97. The highest BCUT2D eigenvalue weighted by Gasteiger charge is 2.14. The van der Waals surface area contributed by atoms with E-state index < -0.39 is 17.5 Å². The summed E-state index contributed by atoms with van der Waals surface area (Å²) in [6.07, 6.45) is 0. The van der Waals surface area contributed by atoms with Crippen molar-refractivity contribution in [2.75, 3.05) is 5.32 Å². The van der Waals surface area contributed by atoms with Crippen molar-refractivity contribution in [1.29, 1.82) is 0 Å². The number of pyridine rings is 1. The van der Waals surface area contributed by atoms with Gasteiger partial charge in [0.15, 0.2) is 0 Å². The van der Waals surface area contributed by atoms with Gasteiger partial charge in [0, 0.05) is 11.8 Å². The van der Waals surface area contributed by atoms with E-state index in [1.807, 2.05) is 0 Å². The third kappa shape index (κ3) is 3.06. The third-order valence-corrected chi connectivity index (χ3v) is 2.70. The van der Waals surface area contributed by atoms with E-state index in [1.54, 1.807) is 13.0 Å². The first kappa shape index (κ1) is 13.4. The molecule has 6 heteroatoms. The second-order valence-electron chi connectivity index (χ2n) is 3.87. The smallest absolute Gasteiger partial charge is 0.258 e. The molecule has 2 rings (SSSR count). The number of anilines is 1. The van der Waals surface area contributed by atoms with Crippen molar-refractivity contribution in [3.8, 4) is 0 Å². The fourth-order valence-corrected chi connectivity index (χ4v) is 1.76. The quantitative estimate of drug-likeness (QED) is 0.856.